The molecule has 1 aliphatic rings. The van der Waals surface area contributed by atoms with E-state index >= 15 is 0 Å². The van der Waals surface area contributed by atoms with Gasteiger partial charge in [-0.1, -0.05) is 6.92 Å². The van der Waals surface area contributed by atoms with Gasteiger partial charge in [0.2, 0.25) is 0 Å². The minimum absolute atomic E-state index is 0. The number of guanidine groups is 1. The van der Waals surface area contributed by atoms with E-state index in [1.165, 1.54) is 38.0 Å². The summed E-state index contributed by atoms with van der Waals surface area (Å²) < 4.78 is 0. The lowest BCUT2D eigenvalue weighted by atomic mass is 10.0. The Morgan fingerprint density at radius 1 is 1.42 bits per heavy atom. The maximum atomic E-state index is 4.77. The Balaban J connectivity index is 0.00000324. The summed E-state index contributed by atoms with van der Waals surface area (Å²) >= 11 is 1.92. The molecule has 1 rings (SSSR count). The van der Waals surface area contributed by atoms with Gasteiger partial charge in [-0.2, -0.15) is 11.8 Å². The van der Waals surface area contributed by atoms with Crippen molar-refractivity contribution in [3.63, 3.8) is 0 Å². The van der Waals surface area contributed by atoms with Crippen LogP contribution in [0.3, 0.4) is 0 Å². The van der Waals surface area contributed by atoms with E-state index in [1.54, 1.807) is 0 Å². The second kappa shape index (κ2) is 12.1. The second-order valence-corrected chi connectivity index (χ2v) is 6.11. The highest BCUT2D eigenvalue weighted by atomic mass is 127. The Morgan fingerprint density at radius 3 is 2.84 bits per heavy atom. The molecule has 1 N–H and O–H groups in total. The van der Waals surface area contributed by atoms with Crippen LogP contribution in [0.5, 0.6) is 0 Å². The quantitative estimate of drug-likeness (QED) is 0.321. The first-order chi connectivity index (χ1) is 8.77. The molecule has 19 heavy (non-hydrogen) atoms. The fourth-order valence-corrected chi connectivity index (χ4v) is 2.84. The van der Waals surface area contributed by atoms with E-state index in [0.717, 1.165) is 31.5 Å². The predicted octanol–water partition coefficient (Wildman–Crippen LogP) is 3.45. The molecule has 0 aromatic carbocycles. The van der Waals surface area contributed by atoms with Crippen LogP contribution in [-0.2, 0) is 0 Å². The number of halogens is 1. The van der Waals surface area contributed by atoms with Crippen LogP contribution in [0.4, 0.5) is 0 Å². The monoisotopic (exact) mass is 399 g/mol. The Morgan fingerprint density at radius 2 is 2.21 bits per heavy atom. The zero-order chi connectivity index (χ0) is 13.2. The molecule has 1 heterocycles. The summed E-state index contributed by atoms with van der Waals surface area (Å²) in [6, 6.07) is 0. The van der Waals surface area contributed by atoms with E-state index in [-0.39, 0.29) is 24.0 Å². The van der Waals surface area contributed by atoms with Gasteiger partial charge in [-0.3, -0.25) is 4.99 Å². The molecule has 0 aromatic heterocycles. The summed E-state index contributed by atoms with van der Waals surface area (Å²) in [6.45, 7) is 8.75. The number of likely N-dealkylation sites (tertiary alicyclic amines) is 1. The average molecular weight is 399 g/mol. The van der Waals surface area contributed by atoms with Crippen LogP contribution < -0.4 is 5.32 Å². The topological polar surface area (TPSA) is 27.6 Å². The zero-order valence-corrected chi connectivity index (χ0v) is 15.8. The van der Waals surface area contributed by atoms with Gasteiger partial charge in [-0.05, 0) is 50.5 Å². The lowest BCUT2D eigenvalue weighted by Gasteiger charge is -2.33. The van der Waals surface area contributed by atoms with Crippen molar-refractivity contribution in [3.8, 4) is 0 Å². The third kappa shape index (κ3) is 8.27. The van der Waals surface area contributed by atoms with Crippen LogP contribution in [0, 0.1) is 5.92 Å². The number of hydrogen-bond acceptors (Lipinski definition) is 2. The van der Waals surface area contributed by atoms with E-state index < -0.39 is 0 Å². The van der Waals surface area contributed by atoms with Crippen LogP contribution in [-0.4, -0.2) is 49.0 Å². The molecule has 0 spiro atoms. The van der Waals surface area contributed by atoms with Gasteiger partial charge in [0.15, 0.2) is 5.96 Å². The number of unbranched alkanes of at least 4 members (excludes halogenated alkanes) is 1. The van der Waals surface area contributed by atoms with Crippen LogP contribution in [0.2, 0.25) is 0 Å². The van der Waals surface area contributed by atoms with Crippen molar-refractivity contribution < 1.29 is 0 Å². The van der Waals surface area contributed by atoms with E-state index in [9.17, 15) is 0 Å². The summed E-state index contributed by atoms with van der Waals surface area (Å²) in [7, 11) is 0. The van der Waals surface area contributed by atoms with E-state index in [4.69, 9.17) is 4.99 Å². The van der Waals surface area contributed by atoms with Gasteiger partial charge in [0.25, 0.3) is 0 Å². The molecule has 0 radical (unpaired) electrons. The number of aliphatic imine (C=N–C) groups is 1. The Bertz CT molecular complexity index is 249. The Labute approximate surface area is 140 Å². The number of hydrogen-bond donors (Lipinski definition) is 1. The average Bonchev–Trinajstić information content (AvgIpc) is 2.37. The maximum absolute atomic E-state index is 4.77. The lowest BCUT2D eigenvalue weighted by Crippen LogP contribution is -2.46. The van der Waals surface area contributed by atoms with E-state index in [1.807, 2.05) is 11.8 Å². The van der Waals surface area contributed by atoms with Crippen molar-refractivity contribution in [2.24, 2.45) is 10.9 Å². The van der Waals surface area contributed by atoms with Gasteiger partial charge >= 0.3 is 0 Å². The molecular formula is C14H30IN3S. The molecule has 1 unspecified atom stereocenters. The predicted molar refractivity (Wildman–Crippen MR) is 99.0 cm³/mol. The van der Waals surface area contributed by atoms with Gasteiger partial charge in [-0.15, -0.1) is 24.0 Å². The second-order valence-electron chi connectivity index (χ2n) is 5.13. The number of nitrogens with one attached hydrogen (secondary N) is 1. The minimum Gasteiger partial charge on any atom is -0.357 e. The number of nitrogens with zero attached hydrogens (tertiary/aromatic N) is 2. The Hall–Kier alpha value is 0.350. The van der Waals surface area contributed by atoms with Crippen LogP contribution in [0.1, 0.15) is 39.5 Å². The van der Waals surface area contributed by atoms with Crippen molar-refractivity contribution in [1.29, 1.82) is 0 Å². The molecular weight excluding hydrogens is 369 g/mol. The fraction of sp³-hybridized carbons (Fsp3) is 0.929. The molecule has 0 bridgehead atoms. The van der Waals surface area contributed by atoms with Crippen molar-refractivity contribution in [1.82, 2.24) is 10.2 Å². The van der Waals surface area contributed by atoms with Gasteiger partial charge in [0.05, 0.1) is 0 Å². The molecule has 114 valence electrons. The third-order valence-corrected chi connectivity index (χ3v) is 4.01. The molecule has 1 atom stereocenters. The summed E-state index contributed by atoms with van der Waals surface area (Å²) in [5, 5.41) is 3.43. The first-order valence-electron chi connectivity index (χ1n) is 7.30. The van der Waals surface area contributed by atoms with Crippen molar-refractivity contribution in [2.45, 2.75) is 39.5 Å². The number of rotatable bonds is 6. The highest BCUT2D eigenvalue weighted by Crippen LogP contribution is 2.15. The SMILES string of the molecule is CCNC(=NCCCCSC)N1CCCC(C)C1.I. The molecule has 0 amide bonds. The lowest BCUT2D eigenvalue weighted by molar-refractivity contribution is 0.266. The fourth-order valence-electron chi connectivity index (χ4n) is 2.35. The maximum Gasteiger partial charge on any atom is 0.193 e. The first kappa shape index (κ1) is 19.4. The molecule has 0 saturated carbocycles. The standard InChI is InChI=1S/C14H29N3S.HI/c1-4-15-14(16-9-5-6-11-18-3)17-10-7-8-13(2)12-17;/h13H,4-12H2,1-3H3,(H,15,16);1H. The Kier molecular flexibility index (Phi) is 12.3. The molecule has 1 aliphatic heterocycles. The van der Waals surface area contributed by atoms with Gasteiger partial charge < -0.3 is 10.2 Å². The summed E-state index contributed by atoms with van der Waals surface area (Å²) in [5.41, 5.74) is 0. The van der Waals surface area contributed by atoms with Crippen molar-refractivity contribution >= 4 is 41.7 Å². The van der Waals surface area contributed by atoms with Gasteiger partial charge in [0.1, 0.15) is 0 Å². The molecule has 1 fully saturated rings. The largest absolute Gasteiger partial charge is 0.357 e. The highest BCUT2D eigenvalue weighted by Gasteiger charge is 2.18. The number of piperidine rings is 1. The molecule has 3 nitrogen and oxygen atoms in total. The summed E-state index contributed by atoms with van der Waals surface area (Å²) in [6.07, 6.45) is 7.32. The molecule has 5 heteroatoms. The molecule has 1 saturated heterocycles. The summed E-state index contributed by atoms with van der Waals surface area (Å²) in [4.78, 5) is 7.20. The molecule has 0 aromatic rings. The van der Waals surface area contributed by atoms with Crippen LogP contribution >= 0.6 is 35.7 Å². The highest BCUT2D eigenvalue weighted by molar-refractivity contribution is 14.0. The van der Waals surface area contributed by atoms with Crippen molar-refractivity contribution in [2.75, 3.05) is 38.2 Å². The summed E-state index contributed by atoms with van der Waals surface area (Å²) in [5.74, 6) is 3.19. The first-order valence-corrected chi connectivity index (χ1v) is 8.69. The minimum atomic E-state index is 0. The van der Waals surface area contributed by atoms with E-state index in [2.05, 4.69) is 30.3 Å². The normalized spacial score (nSPS) is 20.1. The van der Waals surface area contributed by atoms with Crippen LogP contribution in [0.25, 0.3) is 0 Å². The molecule has 0 aliphatic carbocycles. The van der Waals surface area contributed by atoms with Crippen LogP contribution in [0.15, 0.2) is 4.99 Å². The zero-order valence-electron chi connectivity index (χ0n) is 12.7. The van der Waals surface area contributed by atoms with E-state index in [0.29, 0.717) is 0 Å². The number of thioether (sulfide) groups is 1. The van der Waals surface area contributed by atoms with Gasteiger partial charge in [0, 0.05) is 26.2 Å². The third-order valence-electron chi connectivity index (χ3n) is 3.31. The van der Waals surface area contributed by atoms with Gasteiger partial charge in [-0.25, -0.2) is 0 Å². The smallest absolute Gasteiger partial charge is 0.193 e. The van der Waals surface area contributed by atoms with Crippen molar-refractivity contribution in [3.05, 3.63) is 0 Å².